The van der Waals surface area contributed by atoms with E-state index < -0.39 is 4.93 Å². The molecule has 3 heteroatoms. The summed E-state index contributed by atoms with van der Waals surface area (Å²) in [6, 6.07) is 20.4. The van der Waals surface area contributed by atoms with Gasteiger partial charge in [0.15, 0.2) is 4.93 Å². The average Bonchev–Trinajstić information content (AvgIpc) is 2.95. The van der Waals surface area contributed by atoms with Crippen LogP contribution in [-0.4, -0.2) is 23.6 Å². The zero-order valence-corrected chi connectivity index (χ0v) is 11.3. The Kier molecular flexibility index (Phi) is 3.60. The lowest BCUT2D eigenvalue weighted by Crippen LogP contribution is -2.27. The van der Waals surface area contributed by atoms with Gasteiger partial charge >= 0.3 is 0 Å². The van der Waals surface area contributed by atoms with Gasteiger partial charge in [0.05, 0.1) is 12.7 Å². The van der Waals surface area contributed by atoms with Gasteiger partial charge in [-0.15, -0.1) is 11.8 Å². The SMILES string of the molecule is OC[C@H]1CSC(c2ccccc2)(c2ccccc2)O1. The molecular weight excluding hydrogens is 256 g/mol. The minimum Gasteiger partial charge on any atom is -0.394 e. The highest BCUT2D eigenvalue weighted by molar-refractivity contribution is 8.00. The Morgan fingerprint density at radius 1 is 1.00 bits per heavy atom. The third-order valence-electron chi connectivity index (χ3n) is 3.32. The van der Waals surface area contributed by atoms with Crippen LogP contribution >= 0.6 is 11.8 Å². The van der Waals surface area contributed by atoms with Crippen molar-refractivity contribution in [1.82, 2.24) is 0 Å². The van der Waals surface area contributed by atoms with Gasteiger partial charge in [-0.25, -0.2) is 0 Å². The number of thioether (sulfide) groups is 1. The van der Waals surface area contributed by atoms with E-state index >= 15 is 0 Å². The lowest BCUT2D eigenvalue weighted by Gasteiger charge is -2.29. The molecule has 1 saturated heterocycles. The van der Waals surface area contributed by atoms with E-state index in [1.165, 1.54) is 0 Å². The first-order valence-corrected chi connectivity index (χ1v) is 7.37. The van der Waals surface area contributed by atoms with Crippen LogP contribution in [0.2, 0.25) is 0 Å². The molecule has 0 unspecified atom stereocenters. The van der Waals surface area contributed by atoms with Crippen molar-refractivity contribution in [3.8, 4) is 0 Å². The van der Waals surface area contributed by atoms with Crippen molar-refractivity contribution in [2.45, 2.75) is 11.0 Å². The van der Waals surface area contributed by atoms with Gasteiger partial charge in [0, 0.05) is 5.75 Å². The summed E-state index contributed by atoms with van der Waals surface area (Å²) in [4.78, 5) is -0.490. The van der Waals surface area contributed by atoms with Gasteiger partial charge in [-0.2, -0.15) is 0 Å². The summed E-state index contributed by atoms with van der Waals surface area (Å²) >= 11 is 1.75. The van der Waals surface area contributed by atoms with E-state index in [0.29, 0.717) is 0 Å². The third-order valence-corrected chi connectivity index (χ3v) is 4.83. The molecule has 1 aliphatic rings. The largest absolute Gasteiger partial charge is 0.394 e. The van der Waals surface area contributed by atoms with Crippen molar-refractivity contribution in [3.05, 3.63) is 71.8 Å². The highest BCUT2D eigenvalue weighted by Gasteiger charge is 2.43. The average molecular weight is 272 g/mol. The third kappa shape index (κ3) is 2.29. The number of aliphatic hydroxyl groups is 1. The normalized spacial score (nSPS) is 21.4. The molecule has 0 amide bonds. The topological polar surface area (TPSA) is 29.5 Å². The molecule has 1 heterocycles. The molecule has 3 rings (SSSR count). The van der Waals surface area contributed by atoms with Crippen molar-refractivity contribution in [2.75, 3.05) is 12.4 Å². The van der Waals surface area contributed by atoms with Crippen molar-refractivity contribution in [2.24, 2.45) is 0 Å². The van der Waals surface area contributed by atoms with E-state index in [1.54, 1.807) is 11.8 Å². The fourth-order valence-electron chi connectivity index (χ4n) is 2.39. The quantitative estimate of drug-likeness (QED) is 0.931. The highest BCUT2D eigenvalue weighted by Crippen LogP contribution is 2.49. The molecule has 2 aromatic carbocycles. The van der Waals surface area contributed by atoms with Gasteiger partial charge < -0.3 is 9.84 Å². The summed E-state index contributed by atoms with van der Waals surface area (Å²) in [7, 11) is 0. The highest BCUT2D eigenvalue weighted by atomic mass is 32.2. The first kappa shape index (κ1) is 12.7. The summed E-state index contributed by atoms with van der Waals surface area (Å²) in [6.07, 6.45) is -0.106. The number of hydrogen-bond donors (Lipinski definition) is 1. The minimum atomic E-state index is -0.490. The monoisotopic (exact) mass is 272 g/mol. The maximum atomic E-state index is 9.35. The van der Waals surface area contributed by atoms with Crippen molar-refractivity contribution < 1.29 is 9.84 Å². The zero-order valence-electron chi connectivity index (χ0n) is 10.5. The standard InChI is InChI=1S/C16H16O2S/c17-11-15-12-19-16(18-15,13-7-3-1-4-8-13)14-9-5-2-6-10-14/h1-10,15,17H,11-12H2/t15-/m0/s1. The molecule has 19 heavy (non-hydrogen) atoms. The predicted molar refractivity (Wildman–Crippen MR) is 78.1 cm³/mol. The second-order valence-electron chi connectivity index (χ2n) is 4.58. The Balaban J connectivity index is 2.07. The molecule has 0 aliphatic carbocycles. The molecule has 1 fully saturated rings. The lowest BCUT2D eigenvalue weighted by atomic mass is 10.0. The number of hydrogen-bond acceptors (Lipinski definition) is 3. The number of ether oxygens (including phenoxy) is 1. The Hall–Kier alpha value is -1.29. The Labute approximate surface area is 117 Å². The van der Waals surface area contributed by atoms with E-state index in [0.717, 1.165) is 16.9 Å². The molecule has 1 atom stereocenters. The van der Waals surface area contributed by atoms with E-state index in [4.69, 9.17) is 4.74 Å². The predicted octanol–water partition coefficient (Wildman–Crippen LogP) is 3.01. The van der Waals surface area contributed by atoms with E-state index in [2.05, 4.69) is 24.3 Å². The summed E-state index contributed by atoms with van der Waals surface area (Å²) in [6.45, 7) is 0.0639. The van der Waals surface area contributed by atoms with Crippen LogP contribution in [0.1, 0.15) is 11.1 Å². The van der Waals surface area contributed by atoms with Crippen molar-refractivity contribution in [1.29, 1.82) is 0 Å². The van der Waals surface area contributed by atoms with Crippen LogP contribution < -0.4 is 0 Å². The fourth-order valence-corrected chi connectivity index (χ4v) is 3.79. The van der Waals surface area contributed by atoms with Crippen LogP contribution in [0.15, 0.2) is 60.7 Å². The van der Waals surface area contributed by atoms with Crippen molar-refractivity contribution >= 4 is 11.8 Å². The number of rotatable bonds is 3. The summed E-state index contributed by atoms with van der Waals surface area (Å²) < 4.78 is 6.18. The van der Waals surface area contributed by atoms with Gasteiger partial charge in [-0.1, -0.05) is 60.7 Å². The number of benzene rings is 2. The smallest absolute Gasteiger partial charge is 0.165 e. The Morgan fingerprint density at radius 2 is 1.53 bits per heavy atom. The van der Waals surface area contributed by atoms with Crippen LogP contribution in [0, 0.1) is 0 Å². The van der Waals surface area contributed by atoms with E-state index in [1.807, 2.05) is 36.4 Å². The van der Waals surface area contributed by atoms with Gasteiger partial charge in [0.1, 0.15) is 0 Å². The molecule has 98 valence electrons. The second kappa shape index (κ2) is 5.37. The van der Waals surface area contributed by atoms with Crippen molar-refractivity contribution in [3.63, 3.8) is 0 Å². The van der Waals surface area contributed by atoms with Crippen LogP contribution in [0.5, 0.6) is 0 Å². The van der Waals surface area contributed by atoms with Gasteiger partial charge in [-0.3, -0.25) is 0 Å². The number of aliphatic hydroxyl groups excluding tert-OH is 1. The summed E-state index contributed by atoms with van der Waals surface area (Å²) in [5, 5.41) is 9.35. The molecule has 1 N–H and O–H groups in total. The molecular formula is C16H16O2S. The van der Waals surface area contributed by atoms with Gasteiger partial charge in [-0.05, 0) is 11.1 Å². The molecule has 0 radical (unpaired) electrons. The molecule has 2 aromatic rings. The van der Waals surface area contributed by atoms with Gasteiger partial charge in [0.2, 0.25) is 0 Å². The Bertz CT molecular complexity index is 487. The second-order valence-corrected chi connectivity index (χ2v) is 5.78. The molecule has 0 aromatic heterocycles. The summed E-state index contributed by atoms with van der Waals surface area (Å²) in [5.41, 5.74) is 2.25. The van der Waals surface area contributed by atoms with Crippen LogP contribution in [-0.2, 0) is 9.67 Å². The minimum absolute atomic E-state index is 0.0639. The summed E-state index contributed by atoms with van der Waals surface area (Å²) in [5.74, 6) is 0.806. The molecule has 0 spiro atoms. The van der Waals surface area contributed by atoms with Crippen LogP contribution in [0.25, 0.3) is 0 Å². The fraction of sp³-hybridized carbons (Fsp3) is 0.250. The van der Waals surface area contributed by atoms with Gasteiger partial charge in [0.25, 0.3) is 0 Å². The lowest BCUT2D eigenvalue weighted by molar-refractivity contribution is -0.0140. The Morgan fingerprint density at radius 3 is 1.95 bits per heavy atom. The van der Waals surface area contributed by atoms with E-state index in [-0.39, 0.29) is 12.7 Å². The molecule has 0 bridgehead atoms. The van der Waals surface area contributed by atoms with E-state index in [9.17, 15) is 5.11 Å². The molecule has 0 saturated carbocycles. The van der Waals surface area contributed by atoms with Crippen LogP contribution in [0.3, 0.4) is 0 Å². The first-order valence-electron chi connectivity index (χ1n) is 6.39. The first-order chi connectivity index (χ1) is 9.35. The maximum absolute atomic E-state index is 9.35. The zero-order chi connectivity index (χ0) is 13.1. The van der Waals surface area contributed by atoms with Crippen LogP contribution in [0.4, 0.5) is 0 Å². The molecule has 1 aliphatic heterocycles. The maximum Gasteiger partial charge on any atom is 0.165 e. The molecule has 2 nitrogen and oxygen atoms in total.